The molecule has 1 fully saturated rings. The third-order valence-electron chi connectivity index (χ3n) is 8.59. The van der Waals surface area contributed by atoms with Crippen LogP contribution in [0.15, 0.2) is 72.8 Å². The monoisotopic (exact) mass is 620 g/mol. The number of aliphatic carboxylic acids is 1. The second kappa shape index (κ2) is 19.9. The molecule has 2 aromatic carbocycles. The Kier molecular flexibility index (Phi) is 15.9. The number of carboxylic acids is 1. The summed E-state index contributed by atoms with van der Waals surface area (Å²) in [7, 11) is 3.31. The van der Waals surface area contributed by atoms with Gasteiger partial charge in [0, 0.05) is 24.3 Å². The molecule has 1 N–H and O–H groups in total. The molecule has 0 radical (unpaired) electrons. The highest BCUT2D eigenvalue weighted by Crippen LogP contribution is 2.37. The zero-order chi connectivity index (χ0) is 32.4. The molecule has 0 heterocycles. The Hall–Kier alpha value is -3.42. The van der Waals surface area contributed by atoms with Gasteiger partial charge in [-0.2, -0.15) is 0 Å². The number of Topliss-reactive ketones (excluding diaryl/α,β-unsaturated/α-hetero) is 1. The van der Waals surface area contributed by atoms with Gasteiger partial charge in [-0.1, -0.05) is 82.0 Å². The Morgan fingerprint density at radius 2 is 1.60 bits per heavy atom. The summed E-state index contributed by atoms with van der Waals surface area (Å²) in [6.07, 6.45) is 14.8. The molecule has 7 nitrogen and oxygen atoms in total. The number of ketones is 1. The normalized spacial score (nSPS) is 19.7. The minimum absolute atomic E-state index is 0.0525. The quantitative estimate of drug-likeness (QED) is 0.0852. The van der Waals surface area contributed by atoms with Crippen molar-refractivity contribution in [2.45, 2.75) is 97.1 Å². The van der Waals surface area contributed by atoms with Crippen LogP contribution in [0.1, 0.15) is 82.8 Å². The summed E-state index contributed by atoms with van der Waals surface area (Å²) in [6.45, 7) is 5.42. The van der Waals surface area contributed by atoms with Gasteiger partial charge in [0.05, 0.1) is 39.6 Å². The van der Waals surface area contributed by atoms with Gasteiger partial charge < -0.3 is 24.1 Å². The topological polar surface area (TPSA) is 91.3 Å². The van der Waals surface area contributed by atoms with Gasteiger partial charge in [-0.25, -0.2) is 4.79 Å². The number of ether oxygens (including phenoxy) is 4. The first-order valence-corrected chi connectivity index (χ1v) is 16.4. The van der Waals surface area contributed by atoms with Gasteiger partial charge in [0.25, 0.3) is 0 Å². The van der Waals surface area contributed by atoms with E-state index < -0.39 is 5.97 Å². The molecular weight excluding hydrogens is 568 g/mol. The number of hydrogen-bond acceptors (Lipinski definition) is 6. The van der Waals surface area contributed by atoms with Crippen LogP contribution in [0.5, 0.6) is 11.5 Å². The van der Waals surface area contributed by atoms with E-state index in [0.29, 0.717) is 32.0 Å². The summed E-state index contributed by atoms with van der Waals surface area (Å²) in [6, 6.07) is 15.8. The molecule has 0 aliphatic heterocycles. The summed E-state index contributed by atoms with van der Waals surface area (Å²) in [5, 5.41) is 8.85. The van der Waals surface area contributed by atoms with E-state index in [1.54, 1.807) is 20.3 Å². The number of benzene rings is 2. The van der Waals surface area contributed by atoms with Crippen LogP contribution in [0.4, 0.5) is 0 Å². The predicted molar refractivity (Wildman–Crippen MR) is 177 cm³/mol. The molecule has 246 valence electrons. The Labute approximate surface area is 269 Å². The fourth-order valence-electron chi connectivity index (χ4n) is 5.92. The summed E-state index contributed by atoms with van der Waals surface area (Å²) in [5.41, 5.74) is 2.12. The van der Waals surface area contributed by atoms with Crippen LogP contribution in [-0.4, -0.2) is 43.3 Å². The van der Waals surface area contributed by atoms with Crippen molar-refractivity contribution >= 4 is 11.8 Å². The van der Waals surface area contributed by atoms with Crippen LogP contribution in [0.2, 0.25) is 0 Å². The summed E-state index contributed by atoms with van der Waals surface area (Å²) in [5.74, 6) is 1.24. The van der Waals surface area contributed by atoms with Crippen LogP contribution in [0.3, 0.4) is 0 Å². The van der Waals surface area contributed by atoms with Crippen LogP contribution >= 0.6 is 0 Å². The SMILES string of the molecule is CCCC[C@H](C)CC(/C=C/[C@H]1C(OCc2ccc(OC)cc2)CC(=O)[C@@H]1CCCC/C=C/C(=O)O)OCc1ccc(OC)cc1. The summed E-state index contributed by atoms with van der Waals surface area (Å²) in [4.78, 5) is 24.1. The fourth-order valence-corrected chi connectivity index (χ4v) is 5.92. The smallest absolute Gasteiger partial charge is 0.327 e. The summed E-state index contributed by atoms with van der Waals surface area (Å²) >= 11 is 0. The molecule has 45 heavy (non-hydrogen) atoms. The van der Waals surface area contributed by atoms with Gasteiger partial charge in [-0.15, -0.1) is 0 Å². The van der Waals surface area contributed by atoms with Crippen LogP contribution in [0, 0.1) is 17.8 Å². The first kappa shape index (κ1) is 36.1. The predicted octanol–water partition coefficient (Wildman–Crippen LogP) is 8.35. The minimum Gasteiger partial charge on any atom is -0.497 e. The van der Waals surface area contributed by atoms with Crippen molar-refractivity contribution in [2.24, 2.45) is 17.8 Å². The number of carboxylic acid groups (broad SMARTS) is 1. The number of methoxy groups -OCH3 is 2. The van der Waals surface area contributed by atoms with E-state index in [4.69, 9.17) is 24.1 Å². The minimum atomic E-state index is -0.934. The van der Waals surface area contributed by atoms with Gasteiger partial charge in [-0.3, -0.25) is 4.79 Å². The van der Waals surface area contributed by atoms with E-state index in [9.17, 15) is 9.59 Å². The van der Waals surface area contributed by atoms with E-state index in [2.05, 4.69) is 26.0 Å². The maximum atomic E-state index is 13.3. The average molecular weight is 621 g/mol. The third-order valence-corrected chi connectivity index (χ3v) is 8.59. The van der Waals surface area contributed by atoms with E-state index in [1.807, 2.05) is 48.5 Å². The largest absolute Gasteiger partial charge is 0.497 e. The van der Waals surface area contributed by atoms with Crippen molar-refractivity contribution in [3.63, 3.8) is 0 Å². The van der Waals surface area contributed by atoms with Crippen molar-refractivity contribution < 1.29 is 33.6 Å². The van der Waals surface area contributed by atoms with Crippen molar-refractivity contribution in [3.8, 4) is 11.5 Å². The molecule has 1 saturated carbocycles. The highest BCUT2D eigenvalue weighted by Gasteiger charge is 2.41. The van der Waals surface area contributed by atoms with E-state index in [-0.39, 0.29) is 29.8 Å². The second-order valence-corrected chi connectivity index (χ2v) is 12.1. The Morgan fingerprint density at radius 1 is 0.956 bits per heavy atom. The number of carbonyl (C=O) groups excluding carboxylic acids is 1. The first-order valence-electron chi connectivity index (χ1n) is 16.4. The molecule has 0 spiro atoms. The van der Waals surface area contributed by atoms with E-state index in [0.717, 1.165) is 54.7 Å². The Balaban J connectivity index is 1.75. The molecule has 2 unspecified atom stereocenters. The fraction of sp³-hybridized carbons (Fsp3) is 0.526. The van der Waals surface area contributed by atoms with Crippen LogP contribution in [0.25, 0.3) is 0 Å². The summed E-state index contributed by atoms with van der Waals surface area (Å²) < 4.78 is 23.5. The van der Waals surface area contributed by atoms with Crippen molar-refractivity contribution in [1.82, 2.24) is 0 Å². The molecule has 0 aromatic heterocycles. The lowest BCUT2D eigenvalue weighted by Gasteiger charge is -2.24. The van der Waals surface area contributed by atoms with Gasteiger partial charge >= 0.3 is 5.97 Å². The van der Waals surface area contributed by atoms with Crippen molar-refractivity contribution in [3.05, 3.63) is 84.0 Å². The van der Waals surface area contributed by atoms with Gasteiger partial charge in [0.2, 0.25) is 0 Å². The highest BCUT2D eigenvalue weighted by atomic mass is 16.5. The second-order valence-electron chi connectivity index (χ2n) is 12.1. The van der Waals surface area contributed by atoms with E-state index >= 15 is 0 Å². The molecule has 1 aliphatic carbocycles. The molecule has 0 amide bonds. The Morgan fingerprint density at radius 3 is 2.20 bits per heavy atom. The number of unbranched alkanes of at least 4 members (excludes halogenated alkanes) is 3. The molecule has 0 saturated heterocycles. The molecule has 3 rings (SSSR count). The zero-order valence-corrected chi connectivity index (χ0v) is 27.5. The van der Waals surface area contributed by atoms with Crippen LogP contribution in [-0.2, 0) is 32.3 Å². The highest BCUT2D eigenvalue weighted by molar-refractivity contribution is 5.84. The standard InChI is InChI=1S/C38H52O7/c1-5-6-11-28(2)24-33(44-26-29-14-18-31(42-3)19-15-29)22-23-35-34(12-9-7-8-10-13-38(40)41)36(39)25-37(35)45-27-30-16-20-32(43-4)21-17-30/h10,13-23,28,33-35,37H,5-9,11-12,24-27H2,1-4H3,(H,40,41)/b13-10+,23-22+/t28-,33?,34+,35+,37?/m0/s1. The van der Waals surface area contributed by atoms with Crippen molar-refractivity contribution in [1.29, 1.82) is 0 Å². The number of carbonyl (C=O) groups is 2. The Bertz CT molecular complexity index is 1200. The molecular formula is C38H52O7. The maximum Gasteiger partial charge on any atom is 0.327 e. The van der Waals surface area contributed by atoms with Crippen molar-refractivity contribution in [2.75, 3.05) is 14.2 Å². The number of rotatable bonds is 21. The van der Waals surface area contributed by atoms with Gasteiger partial charge in [0.15, 0.2) is 0 Å². The lowest BCUT2D eigenvalue weighted by atomic mass is 9.88. The van der Waals surface area contributed by atoms with Gasteiger partial charge in [0.1, 0.15) is 17.3 Å². The maximum absolute atomic E-state index is 13.3. The number of hydrogen-bond donors (Lipinski definition) is 1. The zero-order valence-electron chi connectivity index (χ0n) is 27.5. The lowest BCUT2D eigenvalue weighted by Crippen LogP contribution is -2.23. The molecule has 7 heteroatoms. The first-order chi connectivity index (χ1) is 21.8. The third kappa shape index (κ3) is 12.8. The van der Waals surface area contributed by atoms with Crippen LogP contribution < -0.4 is 9.47 Å². The average Bonchev–Trinajstić information content (AvgIpc) is 3.35. The molecule has 0 bridgehead atoms. The molecule has 5 atom stereocenters. The molecule has 2 aromatic rings. The molecule has 1 aliphatic rings. The van der Waals surface area contributed by atoms with Gasteiger partial charge in [-0.05, 0) is 67.0 Å². The van der Waals surface area contributed by atoms with E-state index in [1.165, 1.54) is 18.9 Å². The number of allylic oxidation sites excluding steroid dienone is 1. The lowest BCUT2D eigenvalue weighted by molar-refractivity contribution is -0.131.